The number of nitrogens with one attached hydrogen (secondary N) is 1. The van der Waals surface area contributed by atoms with Gasteiger partial charge in [-0.1, -0.05) is 54.0 Å². The molecule has 0 aliphatic rings. The average molecular weight is 427 g/mol. The van der Waals surface area contributed by atoms with Gasteiger partial charge in [0.2, 0.25) is 5.91 Å². The highest BCUT2D eigenvalue weighted by atomic mass is 35.5. The number of benzene rings is 1. The third-order valence-corrected chi connectivity index (χ3v) is 6.12. The molecule has 26 heavy (non-hydrogen) atoms. The zero-order valence-electron chi connectivity index (χ0n) is 13.9. The second-order valence-electron chi connectivity index (χ2n) is 5.37. The van der Waals surface area contributed by atoms with Crippen molar-refractivity contribution in [2.45, 2.75) is 25.0 Å². The van der Waals surface area contributed by atoms with E-state index in [-0.39, 0.29) is 11.7 Å². The second-order valence-corrected chi connectivity index (χ2v) is 8.05. The van der Waals surface area contributed by atoms with E-state index in [1.807, 2.05) is 17.5 Å². The lowest BCUT2D eigenvalue weighted by Gasteiger charge is -2.09. The van der Waals surface area contributed by atoms with Crippen LogP contribution in [0.5, 0.6) is 0 Å². The molecule has 3 aromatic rings. The van der Waals surface area contributed by atoms with E-state index in [2.05, 4.69) is 27.0 Å². The molecule has 2 heterocycles. The number of thiophene rings is 1. The third-order valence-electron chi connectivity index (χ3n) is 3.46. The van der Waals surface area contributed by atoms with Gasteiger partial charge in [0, 0.05) is 6.54 Å². The van der Waals surface area contributed by atoms with Crippen LogP contribution >= 0.6 is 46.3 Å². The standard InChI is InChI=1S/C17H16Cl2N4OS2/c1-2-8-23-16(13-7-4-9-25-13)21-22-17(23)26-10-14(24)20-12-6-3-5-11(18)15(12)19/h3-7,9H,2,8,10H2,1H3,(H,20,24). The number of aromatic nitrogens is 3. The van der Waals surface area contributed by atoms with Crippen LogP contribution in [0.2, 0.25) is 10.0 Å². The summed E-state index contributed by atoms with van der Waals surface area (Å²) in [4.78, 5) is 13.3. The van der Waals surface area contributed by atoms with Crippen molar-refractivity contribution in [2.24, 2.45) is 0 Å². The van der Waals surface area contributed by atoms with E-state index >= 15 is 0 Å². The Hall–Kier alpha value is -1.54. The van der Waals surface area contributed by atoms with Crippen LogP contribution in [0.25, 0.3) is 10.7 Å². The summed E-state index contributed by atoms with van der Waals surface area (Å²) in [5, 5.41) is 14.8. The number of hydrogen-bond donors (Lipinski definition) is 1. The Morgan fingerprint density at radius 1 is 1.27 bits per heavy atom. The summed E-state index contributed by atoms with van der Waals surface area (Å²) in [5.41, 5.74) is 0.499. The molecule has 0 spiro atoms. The van der Waals surface area contributed by atoms with Gasteiger partial charge in [-0.3, -0.25) is 4.79 Å². The van der Waals surface area contributed by atoms with Crippen LogP contribution in [-0.2, 0) is 11.3 Å². The van der Waals surface area contributed by atoms with Crippen LogP contribution in [0, 0.1) is 0 Å². The van der Waals surface area contributed by atoms with Gasteiger partial charge in [0.15, 0.2) is 11.0 Å². The highest BCUT2D eigenvalue weighted by molar-refractivity contribution is 7.99. The number of thioether (sulfide) groups is 1. The molecule has 2 aromatic heterocycles. The normalized spacial score (nSPS) is 10.9. The summed E-state index contributed by atoms with van der Waals surface area (Å²) >= 11 is 15.0. The van der Waals surface area contributed by atoms with Crippen LogP contribution in [0.15, 0.2) is 40.9 Å². The maximum atomic E-state index is 12.3. The van der Waals surface area contributed by atoms with E-state index in [9.17, 15) is 4.79 Å². The molecule has 1 aromatic carbocycles. The van der Waals surface area contributed by atoms with Crippen LogP contribution in [-0.4, -0.2) is 26.4 Å². The van der Waals surface area contributed by atoms with Crippen molar-refractivity contribution in [3.8, 4) is 10.7 Å². The third kappa shape index (κ3) is 4.40. The van der Waals surface area contributed by atoms with Crippen molar-refractivity contribution in [3.63, 3.8) is 0 Å². The average Bonchev–Trinajstić information content (AvgIpc) is 3.27. The first-order chi connectivity index (χ1) is 12.6. The molecule has 0 radical (unpaired) electrons. The van der Waals surface area contributed by atoms with Crippen LogP contribution in [0.1, 0.15) is 13.3 Å². The SMILES string of the molecule is CCCn1c(SCC(=O)Nc2cccc(Cl)c2Cl)nnc1-c1cccs1. The molecule has 0 aliphatic carbocycles. The van der Waals surface area contributed by atoms with Crippen molar-refractivity contribution in [1.29, 1.82) is 0 Å². The summed E-state index contributed by atoms with van der Waals surface area (Å²) in [5.74, 6) is 0.861. The number of hydrogen-bond acceptors (Lipinski definition) is 5. The van der Waals surface area contributed by atoms with Gasteiger partial charge < -0.3 is 9.88 Å². The fourth-order valence-corrected chi connectivity index (χ4v) is 4.16. The van der Waals surface area contributed by atoms with Gasteiger partial charge in [0.05, 0.1) is 26.4 Å². The van der Waals surface area contributed by atoms with Gasteiger partial charge in [-0.2, -0.15) is 0 Å². The predicted octanol–water partition coefficient (Wildman–Crippen LogP) is 5.45. The molecule has 0 atom stereocenters. The Kier molecular flexibility index (Phi) is 6.58. The molecule has 136 valence electrons. The van der Waals surface area contributed by atoms with Crippen molar-refractivity contribution in [1.82, 2.24) is 14.8 Å². The quantitative estimate of drug-likeness (QED) is 0.509. The van der Waals surface area contributed by atoms with Crippen LogP contribution in [0.4, 0.5) is 5.69 Å². The Labute approximate surface area is 169 Å². The van der Waals surface area contributed by atoms with Gasteiger partial charge in [0.1, 0.15) is 0 Å². The predicted molar refractivity (Wildman–Crippen MR) is 109 cm³/mol. The summed E-state index contributed by atoms with van der Waals surface area (Å²) in [6, 6.07) is 9.13. The summed E-state index contributed by atoms with van der Waals surface area (Å²) < 4.78 is 2.05. The molecule has 3 rings (SSSR count). The molecular weight excluding hydrogens is 411 g/mol. The van der Waals surface area contributed by atoms with E-state index in [0.717, 1.165) is 28.8 Å². The minimum atomic E-state index is -0.178. The maximum absolute atomic E-state index is 12.3. The van der Waals surface area contributed by atoms with Crippen molar-refractivity contribution >= 4 is 57.9 Å². The Bertz CT molecular complexity index is 896. The lowest BCUT2D eigenvalue weighted by Crippen LogP contribution is -2.15. The number of rotatable bonds is 7. The Balaban J connectivity index is 1.69. The van der Waals surface area contributed by atoms with E-state index in [4.69, 9.17) is 23.2 Å². The van der Waals surface area contributed by atoms with Gasteiger partial charge in [-0.05, 0) is 30.0 Å². The molecule has 0 unspecified atom stereocenters. The van der Waals surface area contributed by atoms with Crippen LogP contribution < -0.4 is 5.32 Å². The zero-order chi connectivity index (χ0) is 18.5. The lowest BCUT2D eigenvalue weighted by molar-refractivity contribution is -0.113. The van der Waals surface area contributed by atoms with Crippen molar-refractivity contribution in [2.75, 3.05) is 11.1 Å². The topological polar surface area (TPSA) is 59.8 Å². The first-order valence-corrected chi connectivity index (χ1v) is 10.6. The minimum absolute atomic E-state index is 0.178. The molecule has 0 saturated heterocycles. The van der Waals surface area contributed by atoms with Crippen LogP contribution in [0.3, 0.4) is 0 Å². The van der Waals surface area contributed by atoms with Gasteiger partial charge >= 0.3 is 0 Å². The minimum Gasteiger partial charge on any atom is -0.324 e. The second kappa shape index (κ2) is 8.90. The molecule has 0 bridgehead atoms. The molecule has 0 fully saturated rings. The molecule has 0 saturated carbocycles. The number of carbonyl (C=O) groups is 1. The molecular formula is C17H16Cl2N4OS2. The Morgan fingerprint density at radius 2 is 2.12 bits per heavy atom. The van der Waals surface area contributed by atoms with Crippen molar-refractivity contribution in [3.05, 3.63) is 45.8 Å². The molecule has 0 aliphatic heterocycles. The lowest BCUT2D eigenvalue weighted by atomic mass is 10.3. The highest BCUT2D eigenvalue weighted by Crippen LogP contribution is 2.30. The van der Waals surface area contributed by atoms with E-state index in [1.54, 1.807) is 29.5 Å². The first-order valence-electron chi connectivity index (χ1n) is 7.94. The number of halogens is 2. The number of carbonyl (C=O) groups excluding carboxylic acids is 1. The molecule has 5 nitrogen and oxygen atoms in total. The largest absolute Gasteiger partial charge is 0.324 e. The van der Waals surface area contributed by atoms with E-state index in [0.29, 0.717) is 15.7 Å². The molecule has 9 heteroatoms. The van der Waals surface area contributed by atoms with Crippen molar-refractivity contribution < 1.29 is 4.79 Å². The van der Waals surface area contributed by atoms with Gasteiger partial charge in [-0.15, -0.1) is 21.5 Å². The maximum Gasteiger partial charge on any atom is 0.234 e. The number of amides is 1. The zero-order valence-corrected chi connectivity index (χ0v) is 17.1. The van der Waals surface area contributed by atoms with Gasteiger partial charge in [-0.25, -0.2) is 0 Å². The Morgan fingerprint density at radius 3 is 2.85 bits per heavy atom. The molecule has 1 amide bonds. The summed E-state index contributed by atoms with van der Waals surface area (Å²) in [7, 11) is 0. The van der Waals surface area contributed by atoms with E-state index < -0.39 is 0 Å². The first kappa shape index (κ1) is 19.2. The summed E-state index contributed by atoms with van der Waals surface area (Å²) in [6.07, 6.45) is 0.953. The molecule has 1 N–H and O–H groups in total. The van der Waals surface area contributed by atoms with E-state index in [1.165, 1.54) is 11.8 Å². The van der Waals surface area contributed by atoms with Gasteiger partial charge in [0.25, 0.3) is 0 Å². The number of nitrogens with zero attached hydrogens (tertiary/aromatic N) is 3. The monoisotopic (exact) mass is 426 g/mol. The highest BCUT2D eigenvalue weighted by Gasteiger charge is 2.16. The summed E-state index contributed by atoms with van der Waals surface area (Å²) in [6.45, 7) is 2.89. The smallest absolute Gasteiger partial charge is 0.234 e. The fraction of sp³-hybridized carbons (Fsp3) is 0.235. The fourth-order valence-electron chi connectivity index (χ4n) is 2.33. The number of anilines is 1.